The predicted octanol–water partition coefficient (Wildman–Crippen LogP) is 3.57. The van der Waals surface area contributed by atoms with Crippen LogP contribution < -0.4 is 4.74 Å². The van der Waals surface area contributed by atoms with Gasteiger partial charge in [-0.15, -0.1) is 0 Å². The van der Waals surface area contributed by atoms with E-state index in [0.717, 1.165) is 18.2 Å². The van der Waals surface area contributed by atoms with Crippen molar-refractivity contribution in [2.45, 2.75) is 0 Å². The van der Waals surface area contributed by atoms with Crippen LogP contribution in [0.2, 0.25) is 5.15 Å². The fraction of sp³-hybridized carbons (Fsp3) is 0. The molecule has 18 heavy (non-hydrogen) atoms. The molecule has 2 rings (SSSR count). The Kier molecular flexibility index (Phi) is 3.38. The molecule has 0 spiro atoms. The summed E-state index contributed by atoms with van der Waals surface area (Å²) < 4.78 is 18.3. The van der Waals surface area contributed by atoms with Crippen LogP contribution in [0.4, 0.5) is 10.1 Å². The molecule has 1 heterocycles. The SMILES string of the molecule is O=[N+]([O-])c1ccc(F)cc1Oc1ccnc(Cl)c1. The lowest BCUT2D eigenvalue weighted by Crippen LogP contribution is -1.94. The van der Waals surface area contributed by atoms with E-state index in [0.29, 0.717) is 0 Å². The monoisotopic (exact) mass is 268 g/mol. The molecule has 92 valence electrons. The second-order valence-electron chi connectivity index (χ2n) is 3.29. The normalized spacial score (nSPS) is 10.1. The number of aromatic nitrogens is 1. The molecule has 1 aromatic heterocycles. The number of ether oxygens (including phenoxy) is 1. The quantitative estimate of drug-likeness (QED) is 0.485. The van der Waals surface area contributed by atoms with Crippen molar-refractivity contribution < 1.29 is 14.1 Å². The summed E-state index contributed by atoms with van der Waals surface area (Å²) in [5, 5.41) is 10.9. The number of halogens is 2. The highest BCUT2D eigenvalue weighted by atomic mass is 35.5. The van der Waals surface area contributed by atoms with Gasteiger partial charge in [-0.25, -0.2) is 9.37 Å². The minimum atomic E-state index is -0.655. The average molecular weight is 269 g/mol. The molecule has 0 saturated carbocycles. The number of hydrogen-bond donors (Lipinski definition) is 0. The number of nitrogens with zero attached hydrogens (tertiary/aromatic N) is 2. The number of pyridine rings is 1. The first-order valence-corrected chi connectivity index (χ1v) is 5.17. The lowest BCUT2D eigenvalue weighted by molar-refractivity contribution is -0.385. The van der Waals surface area contributed by atoms with Gasteiger partial charge in [-0.2, -0.15) is 0 Å². The highest BCUT2D eigenvalue weighted by Gasteiger charge is 2.16. The summed E-state index contributed by atoms with van der Waals surface area (Å²) in [7, 11) is 0. The Hall–Kier alpha value is -2.21. The van der Waals surface area contributed by atoms with Crippen LogP contribution >= 0.6 is 11.6 Å². The Morgan fingerprint density at radius 3 is 2.78 bits per heavy atom. The molecule has 5 nitrogen and oxygen atoms in total. The van der Waals surface area contributed by atoms with Crippen molar-refractivity contribution in [3.63, 3.8) is 0 Å². The summed E-state index contributed by atoms with van der Waals surface area (Å²) in [5.41, 5.74) is -0.329. The zero-order chi connectivity index (χ0) is 13.1. The maximum Gasteiger partial charge on any atom is 0.311 e. The molecule has 2 aromatic rings. The third-order valence-electron chi connectivity index (χ3n) is 2.04. The van der Waals surface area contributed by atoms with E-state index in [4.69, 9.17) is 16.3 Å². The highest BCUT2D eigenvalue weighted by molar-refractivity contribution is 6.29. The van der Waals surface area contributed by atoms with Gasteiger partial charge < -0.3 is 4.74 Å². The highest BCUT2D eigenvalue weighted by Crippen LogP contribution is 2.32. The third kappa shape index (κ3) is 2.72. The van der Waals surface area contributed by atoms with Gasteiger partial charge in [-0.1, -0.05) is 11.6 Å². The van der Waals surface area contributed by atoms with Crippen LogP contribution in [0, 0.1) is 15.9 Å². The van der Waals surface area contributed by atoms with E-state index >= 15 is 0 Å². The fourth-order valence-electron chi connectivity index (χ4n) is 1.30. The number of nitro benzene ring substituents is 1. The molecule has 0 aliphatic heterocycles. The van der Waals surface area contributed by atoms with E-state index in [9.17, 15) is 14.5 Å². The van der Waals surface area contributed by atoms with Crippen molar-refractivity contribution >= 4 is 17.3 Å². The minimum absolute atomic E-state index is 0.173. The van der Waals surface area contributed by atoms with Gasteiger partial charge in [0.05, 0.1) is 4.92 Å². The smallest absolute Gasteiger partial charge is 0.311 e. The fourth-order valence-corrected chi connectivity index (χ4v) is 1.46. The Morgan fingerprint density at radius 2 is 2.11 bits per heavy atom. The second kappa shape index (κ2) is 4.97. The van der Waals surface area contributed by atoms with Crippen LogP contribution in [0.5, 0.6) is 11.5 Å². The summed E-state index contributed by atoms with van der Waals surface area (Å²) in [4.78, 5) is 13.8. The topological polar surface area (TPSA) is 65.3 Å². The summed E-state index contributed by atoms with van der Waals surface area (Å²) in [5.74, 6) is -0.582. The zero-order valence-electron chi connectivity index (χ0n) is 8.84. The molecule has 0 aliphatic rings. The first-order chi connectivity index (χ1) is 8.56. The van der Waals surface area contributed by atoms with Gasteiger partial charge in [-0.3, -0.25) is 10.1 Å². The molecule has 0 unspecified atom stereocenters. The molecule has 0 amide bonds. The van der Waals surface area contributed by atoms with Gasteiger partial charge in [-0.05, 0) is 12.1 Å². The van der Waals surface area contributed by atoms with Crippen LogP contribution in [0.15, 0.2) is 36.5 Å². The Labute approximate surface area is 106 Å². The molecule has 0 aliphatic carbocycles. The largest absolute Gasteiger partial charge is 0.450 e. The van der Waals surface area contributed by atoms with Crippen molar-refractivity contribution in [2.75, 3.05) is 0 Å². The van der Waals surface area contributed by atoms with Crippen molar-refractivity contribution in [3.8, 4) is 11.5 Å². The third-order valence-corrected chi connectivity index (χ3v) is 2.25. The number of nitro groups is 1. The molecule has 0 bridgehead atoms. The maximum atomic E-state index is 13.1. The van der Waals surface area contributed by atoms with Crippen LogP contribution in [0.25, 0.3) is 0 Å². The van der Waals surface area contributed by atoms with Gasteiger partial charge in [0.25, 0.3) is 0 Å². The zero-order valence-corrected chi connectivity index (χ0v) is 9.60. The summed E-state index contributed by atoms with van der Waals surface area (Å²) in [6.07, 6.45) is 1.38. The molecular formula is C11H6ClFN2O3. The number of benzene rings is 1. The second-order valence-corrected chi connectivity index (χ2v) is 3.67. The van der Waals surface area contributed by atoms with Crippen LogP contribution in [0.3, 0.4) is 0 Å². The van der Waals surface area contributed by atoms with E-state index in [1.807, 2.05) is 0 Å². The van der Waals surface area contributed by atoms with Gasteiger partial charge in [0, 0.05) is 24.4 Å². The number of rotatable bonds is 3. The van der Waals surface area contributed by atoms with Gasteiger partial charge in [0.15, 0.2) is 0 Å². The van der Waals surface area contributed by atoms with Crippen molar-refractivity contribution in [2.24, 2.45) is 0 Å². The summed E-state index contributed by atoms with van der Waals surface area (Å²) in [6.45, 7) is 0. The van der Waals surface area contributed by atoms with Crippen LogP contribution in [0.1, 0.15) is 0 Å². The van der Waals surface area contributed by atoms with Crippen LogP contribution in [-0.2, 0) is 0 Å². The lowest BCUT2D eigenvalue weighted by atomic mass is 10.3. The molecule has 0 radical (unpaired) electrons. The van der Waals surface area contributed by atoms with Gasteiger partial charge in [0.2, 0.25) is 5.75 Å². The average Bonchev–Trinajstić information content (AvgIpc) is 2.28. The lowest BCUT2D eigenvalue weighted by Gasteiger charge is -2.06. The standard InChI is InChI=1S/C11H6ClFN2O3/c12-11-6-8(3-4-14-11)18-10-5-7(13)1-2-9(10)15(16)17/h1-6H. The molecular weight excluding hydrogens is 263 g/mol. The van der Waals surface area contributed by atoms with E-state index in [1.165, 1.54) is 18.3 Å². The number of hydrogen-bond acceptors (Lipinski definition) is 4. The molecule has 0 atom stereocenters. The Bertz CT molecular complexity index is 607. The molecule has 0 saturated heterocycles. The molecule has 0 N–H and O–H groups in total. The first-order valence-electron chi connectivity index (χ1n) is 4.79. The molecule has 1 aromatic carbocycles. The van der Waals surface area contributed by atoms with E-state index in [2.05, 4.69) is 4.98 Å². The molecule has 0 fully saturated rings. The summed E-state index contributed by atoms with van der Waals surface area (Å²) >= 11 is 5.65. The van der Waals surface area contributed by atoms with E-state index < -0.39 is 10.7 Å². The van der Waals surface area contributed by atoms with Crippen molar-refractivity contribution in [1.82, 2.24) is 4.98 Å². The van der Waals surface area contributed by atoms with Crippen molar-refractivity contribution in [1.29, 1.82) is 0 Å². The maximum absolute atomic E-state index is 13.1. The Balaban J connectivity index is 2.39. The minimum Gasteiger partial charge on any atom is -0.450 e. The Morgan fingerprint density at radius 1 is 1.33 bits per heavy atom. The van der Waals surface area contributed by atoms with Gasteiger partial charge >= 0.3 is 5.69 Å². The van der Waals surface area contributed by atoms with Crippen LogP contribution in [-0.4, -0.2) is 9.91 Å². The van der Waals surface area contributed by atoms with Crippen molar-refractivity contribution in [3.05, 3.63) is 57.6 Å². The van der Waals surface area contributed by atoms with Gasteiger partial charge in [0.1, 0.15) is 16.7 Å². The van der Waals surface area contributed by atoms with E-state index in [-0.39, 0.29) is 22.3 Å². The first kappa shape index (κ1) is 12.3. The molecule has 7 heteroatoms. The predicted molar refractivity (Wildman–Crippen MR) is 62.4 cm³/mol. The van der Waals surface area contributed by atoms with E-state index in [1.54, 1.807) is 0 Å². The summed E-state index contributed by atoms with van der Waals surface area (Å²) in [6, 6.07) is 5.79.